The molecule has 0 spiro atoms. The molecular weight excluding hydrogens is 350 g/mol. The first-order valence-corrected chi connectivity index (χ1v) is 9.63. The lowest BCUT2D eigenvalue weighted by molar-refractivity contribution is -0.115. The van der Waals surface area contributed by atoms with E-state index in [2.05, 4.69) is 0 Å². The van der Waals surface area contributed by atoms with Gasteiger partial charge in [-0.25, -0.2) is 0 Å². The number of phenolic OH excluding ortho intramolecular Hbond substituents is 1. The van der Waals surface area contributed by atoms with Crippen molar-refractivity contribution in [3.8, 4) is 5.75 Å². The average molecular weight is 365 g/mol. The van der Waals surface area contributed by atoms with Crippen LogP contribution in [0.3, 0.4) is 0 Å². The molecule has 0 atom stereocenters. The van der Waals surface area contributed by atoms with E-state index in [1.165, 1.54) is 11.8 Å². The Bertz CT molecular complexity index is 879. The molecule has 1 N–H and O–H groups in total. The third kappa shape index (κ3) is 3.25. The zero-order chi connectivity index (χ0) is 17.2. The minimum Gasteiger partial charge on any atom is -0.508 e. The molecule has 0 saturated heterocycles. The van der Waals surface area contributed by atoms with Crippen LogP contribution in [0.5, 0.6) is 5.75 Å². The van der Waals surface area contributed by atoms with Crippen LogP contribution in [0.1, 0.15) is 0 Å². The average Bonchev–Trinajstić information content (AvgIpc) is 2.65. The van der Waals surface area contributed by atoms with Gasteiger partial charge >= 0.3 is 0 Å². The molecule has 1 aliphatic heterocycles. The lowest BCUT2D eigenvalue weighted by atomic mass is 10.2. The van der Waals surface area contributed by atoms with Gasteiger partial charge in [-0.15, -0.1) is 11.8 Å². The smallest absolute Gasteiger partial charge is 0.241 e. The fraction of sp³-hybridized carbons (Fsp3) is 0.0500. The number of hydrogen-bond donors (Lipinski definition) is 1. The summed E-state index contributed by atoms with van der Waals surface area (Å²) in [5, 5.41) is 9.37. The Morgan fingerprint density at radius 1 is 0.880 bits per heavy atom. The number of hydrogen-bond acceptors (Lipinski definition) is 4. The minimum absolute atomic E-state index is 0.0401. The van der Waals surface area contributed by atoms with E-state index in [-0.39, 0.29) is 11.7 Å². The van der Waals surface area contributed by atoms with Gasteiger partial charge in [-0.2, -0.15) is 0 Å². The molecule has 0 fully saturated rings. The van der Waals surface area contributed by atoms with Gasteiger partial charge in [-0.3, -0.25) is 9.69 Å². The van der Waals surface area contributed by atoms with E-state index in [9.17, 15) is 9.90 Å². The summed E-state index contributed by atoms with van der Waals surface area (Å²) in [6.45, 7) is 0. The Labute approximate surface area is 154 Å². The first-order valence-electron chi connectivity index (χ1n) is 7.83. The number of rotatable bonds is 3. The number of fused-ring (bicyclic) bond motifs is 2. The number of benzene rings is 3. The Morgan fingerprint density at radius 2 is 1.44 bits per heavy atom. The van der Waals surface area contributed by atoms with Crippen molar-refractivity contribution in [3.63, 3.8) is 0 Å². The van der Waals surface area contributed by atoms with Crippen LogP contribution >= 0.6 is 23.5 Å². The topological polar surface area (TPSA) is 40.5 Å². The van der Waals surface area contributed by atoms with E-state index in [1.54, 1.807) is 23.9 Å². The number of carbonyl (C=O) groups is 1. The van der Waals surface area contributed by atoms with Gasteiger partial charge < -0.3 is 5.11 Å². The van der Waals surface area contributed by atoms with Gasteiger partial charge in [-0.1, -0.05) is 36.0 Å². The molecule has 1 aliphatic rings. The number of phenols is 1. The van der Waals surface area contributed by atoms with E-state index in [1.807, 2.05) is 65.6 Å². The number of aromatic hydroxyl groups is 1. The highest BCUT2D eigenvalue weighted by molar-refractivity contribution is 8.00. The van der Waals surface area contributed by atoms with Crippen molar-refractivity contribution >= 4 is 40.8 Å². The zero-order valence-corrected chi connectivity index (χ0v) is 14.9. The molecule has 0 bridgehead atoms. The summed E-state index contributed by atoms with van der Waals surface area (Å²) in [5.41, 5.74) is 1.87. The standard InChI is InChI=1S/C20H15NO2S2/c22-14-9-11-15(12-10-14)24-13-20(23)21-16-5-1-3-7-18(16)25-19-8-4-2-6-17(19)21/h1-12,22H,13H2. The van der Waals surface area contributed by atoms with E-state index >= 15 is 0 Å². The van der Waals surface area contributed by atoms with Crippen LogP contribution in [0.15, 0.2) is 87.5 Å². The molecule has 0 aromatic heterocycles. The lowest BCUT2D eigenvalue weighted by Gasteiger charge is -2.31. The summed E-state index contributed by atoms with van der Waals surface area (Å²) in [4.78, 5) is 18.0. The summed E-state index contributed by atoms with van der Waals surface area (Å²) in [7, 11) is 0. The summed E-state index contributed by atoms with van der Waals surface area (Å²) >= 11 is 3.16. The number of amides is 1. The predicted octanol–water partition coefficient (Wildman–Crippen LogP) is 5.31. The van der Waals surface area contributed by atoms with E-state index < -0.39 is 0 Å². The van der Waals surface area contributed by atoms with Gasteiger partial charge in [-0.05, 0) is 48.5 Å². The van der Waals surface area contributed by atoms with Gasteiger partial charge in [0.2, 0.25) is 5.91 Å². The van der Waals surface area contributed by atoms with E-state index in [0.29, 0.717) is 5.75 Å². The molecule has 0 unspecified atom stereocenters. The van der Waals surface area contributed by atoms with E-state index in [4.69, 9.17) is 0 Å². The van der Waals surface area contributed by atoms with Crippen molar-refractivity contribution in [3.05, 3.63) is 72.8 Å². The first kappa shape index (κ1) is 16.1. The summed E-state index contributed by atoms with van der Waals surface area (Å²) in [6, 6.07) is 22.9. The highest BCUT2D eigenvalue weighted by atomic mass is 32.2. The van der Waals surface area contributed by atoms with Crippen LogP contribution in [0.25, 0.3) is 0 Å². The van der Waals surface area contributed by atoms with Crippen molar-refractivity contribution in [2.45, 2.75) is 14.7 Å². The molecule has 1 amide bonds. The van der Waals surface area contributed by atoms with Crippen molar-refractivity contribution in [2.75, 3.05) is 10.7 Å². The molecule has 3 aromatic carbocycles. The van der Waals surface area contributed by atoms with Crippen LogP contribution in [-0.4, -0.2) is 16.8 Å². The number of thioether (sulfide) groups is 1. The van der Waals surface area contributed by atoms with Crippen molar-refractivity contribution in [2.24, 2.45) is 0 Å². The van der Waals surface area contributed by atoms with Crippen molar-refractivity contribution < 1.29 is 9.90 Å². The molecule has 0 radical (unpaired) electrons. The summed E-state index contributed by atoms with van der Waals surface area (Å²) < 4.78 is 0. The van der Waals surface area contributed by atoms with Crippen LogP contribution in [0, 0.1) is 0 Å². The van der Waals surface area contributed by atoms with Gasteiger partial charge in [0.05, 0.1) is 17.1 Å². The molecule has 124 valence electrons. The Hall–Kier alpha value is -2.37. The van der Waals surface area contributed by atoms with Crippen LogP contribution in [0.2, 0.25) is 0 Å². The SMILES string of the molecule is O=C(CSc1ccc(O)cc1)N1c2ccccc2Sc2ccccc21. The second-order valence-corrected chi connectivity index (χ2v) is 7.68. The maximum absolute atomic E-state index is 13.0. The Morgan fingerprint density at radius 3 is 2.04 bits per heavy atom. The van der Waals surface area contributed by atoms with Crippen LogP contribution < -0.4 is 4.90 Å². The second kappa shape index (κ2) is 6.86. The largest absolute Gasteiger partial charge is 0.508 e. The molecule has 25 heavy (non-hydrogen) atoms. The van der Waals surface area contributed by atoms with Crippen molar-refractivity contribution in [1.82, 2.24) is 0 Å². The zero-order valence-electron chi connectivity index (χ0n) is 13.3. The van der Waals surface area contributed by atoms with E-state index in [0.717, 1.165) is 26.1 Å². The van der Waals surface area contributed by atoms with Gasteiger partial charge in [0.1, 0.15) is 5.75 Å². The first-order chi connectivity index (χ1) is 12.2. The second-order valence-electron chi connectivity index (χ2n) is 5.55. The fourth-order valence-corrected chi connectivity index (χ4v) is 4.53. The molecular formula is C20H15NO2S2. The fourth-order valence-electron chi connectivity index (χ4n) is 2.73. The summed E-state index contributed by atoms with van der Waals surface area (Å²) in [5.74, 6) is 0.600. The van der Waals surface area contributed by atoms with Gasteiger partial charge in [0, 0.05) is 14.7 Å². The predicted molar refractivity (Wildman–Crippen MR) is 103 cm³/mol. The Kier molecular flexibility index (Phi) is 4.42. The number of anilines is 2. The molecule has 0 saturated carbocycles. The third-order valence-electron chi connectivity index (χ3n) is 3.88. The number of nitrogens with zero attached hydrogens (tertiary/aromatic N) is 1. The molecule has 1 heterocycles. The number of carbonyl (C=O) groups excluding carboxylic acids is 1. The highest BCUT2D eigenvalue weighted by Gasteiger charge is 2.27. The Balaban J connectivity index is 1.62. The molecule has 0 aliphatic carbocycles. The third-order valence-corrected chi connectivity index (χ3v) is 6.01. The monoisotopic (exact) mass is 365 g/mol. The van der Waals surface area contributed by atoms with Crippen LogP contribution in [-0.2, 0) is 4.79 Å². The normalized spacial score (nSPS) is 12.4. The highest BCUT2D eigenvalue weighted by Crippen LogP contribution is 2.48. The maximum Gasteiger partial charge on any atom is 0.241 e. The van der Waals surface area contributed by atoms with Crippen molar-refractivity contribution in [1.29, 1.82) is 0 Å². The molecule has 3 aromatic rings. The lowest BCUT2D eigenvalue weighted by Crippen LogP contribution is -2.29. The van der Waals surface area contributed by atoms with Crippen LogP contribution in [0.4, 0.5) is 11.4 Å². The molecule has 4 rings (SSSR count). The van der Waals surface area contributed by atoms with Gasteiger partial charge in [0.15, 0.2) is 0 Å². The number of para-hydroxylation sites is 2. The molecule has 3 nitrogen and oxygen atoms in total. The quantitative estimate of drug-likeness (QED) is 0.638. The minimum atomic E-state index is 0.0401. The van der Waals surface area contributed by atoms with Gasteiger partial charge in [0.25, 0.3) is 0 Å². The maximum atomic E-state index is 13.0. The summed E-state index contributed by atoms with van der Waals surface area (Å²) in [6.07, 6.45) is 0. The molecule has 5 heteroatoms.